The molecule has 4 aromatic rings. The molecule has 0 amide bonds. The second kappa shape index (κ2) is 7.15. The zero-order chi connectivity index (χ0) is 18.8. The fraction of sp³-hybridized carbons (Fsp3) is 0.136. The molecule has 6 nitrogen and oxygen atoms in total. The molecule has 0 spiro atoms. The van der Waals surface area contributed by atoms with E-state index in [2.05, 4.69) is 32.6 Å². The molecule has 1 aliphatic heterocycles. The van der Waals surface area contributed by atoms with Gasteiger partial charge in [0.05, 0.1) is 5.69 Å². The number of nitrogens with zero attached hydrogens (tertiary/aromatic N) is 3. The highest BCUT2D eigenvalue weighted by molar-refractivity contribution is 5.94. The first-order valence-electron chi connectivity index (χ1n) is 9.17. The van der Waals surface area contributed by atoms with Crippen molar-refractivity contribution in [2.45, 2.75) is 6.42 Å². The van der Waals surface area contributed by atoms with Crippen molar-refractivity contribution in [1.29, 1.82) is 0 Å². The molecule has 3 heterocycles. The molecule has 0 atom stereocenters. The van der Waals surface area contributed by atoms with Crippen LogP contribution < -0.4 is 14.8 Å². The van der Waals surface area contributed by atoms with Gasteiger partial charge < -0.3 is 14.8 Å². The first-order chi connectivity index (χ1) is 13.9. The maximum Gasteiger partial charge on any atom is 0.163 e. The topological polar surface area (TPSA) is 69.2 Å². The molecule has 5 rings (SSSR count). The number of nitrogens with one attached hydrogen (secondary N) is 1. The van der Waals surface area contributed by atoms with Crippen molar-refractivity contribution in [3.8, 4) is 11.5 Å². The van der Waals surface area contributed by atoms with Crippen molar-refractivity contribution in [1.82, 2.24) is 15.2 Å². The van der Waals surface area contributed by atoms with E-state index >= 15 is 0 Å². The molecule has 6 heteroatoms. The van der Waals surface area contributed by atoms with E-state index in [0.29, 0.717) is 25.5 Å². The van der Waals surface area contributed by atoms with Gasteiger partial charge in [-0.15, -0.1) is 5.10 Å². The van der Waals surface area contributed by atoms with E-state index in [9.17, 15) is 0 Å². The summed E-state index contributed by atoms with van der Waals surface area (Å²) in [5.74, 6) is 2.21. The average Bonchev–Trinajstić information content (AvgIpc) is 2.76. The number of benzene rings is 2. The number of ether oxygens (including phenoxy) is 2. The largest absolute Gasteiger partial charge is 0.486 e. The summed E-state index contributed by atoms with van der Waals surface area (Å²) in [4.78, 5) is 4.19. The van der Waals surface area contributed by atoms with Gasteiger partial charge in [0.15, 0.2) is 17.3 Å². The molecule has 0 fully saturated rings. The van der Waals surface area contributed by atoms with Gasteiger partial charge in [0.25, 0.3) is 0 Å². The van der Waals surface area contributed by atoms with Gasteiger partial charge >= 0.3 is 0 Å². The molecule has 28 heavy (non-hydrogen) atoms. The van der Waals surface area contributed by atoms with Crippen LogP contribution in [0.25, 0.3) is 10.8 Å². The van der Waals surface area contributed by atoms with Crippen LogP contribution in [0.15, 0.2) is 67.0 Å². The van der Waals surface area contributed by atoms with Gasteiger partial charge in [-0.3, -0.25) is 4.98 Å². The number of hydrogen-bond donors (Lipinski definition) is 1. The summed E-state index contributed by atoms with van der Waals surface area (Å²) in [6.07, 6.45) is 4.32. The minimum absolute atomic E-state index is 0.558. The van der Waals surface area contributed by atoms with Gasteiger partial charge in [-0.2, -0.15) is 5.10 Å². The SMILES string of the molecule is c1cncc(Cc2nnc(Nc3ccc4c(c3)OCCO4)c3ccccc23)c1. The summed E-state index contributed by atoms with van der Waals surface area (Å²) < 4.78 is 11.3. The first kappa shape index (κ1) is 16.5. The number of rotatable bonds is 4. The van der Waals surface area contributed by atoms with Crippen LogP contribution in [0.1, 0.15) is 11.3 Å². The van der Waals surface area contributed by atoms with Gasteiger partial charge in [0.2, 0.25) is 0 Å². The van der Waals surface area contributed by atoms with Crippen molar-refractivity contribution in [3.05, 3.63) is 78.2 Å². The second-order valence-corrected chi connectivity index (χ2v) is 6.56. The Kier molecular flexibility index (Phi) is 4.21. The van der Waals surface area contributed by atoms with Crippen LogP contribution in [0.3, 0.4) is 0 Å². The van der Waals surface area contributed by atoms with Crippen LogP contribution in [0.5, 0.6) is 11.5 Å². The highest BCUT2D eigenvalue weighted by atomic mass is 16.6. The van der Waals surface area contributed by atoms with Gasteiger partial charge in [-0.05, 0) is 23.8 Å². The van der Waals surface area contributed by atoms with E-state index in [1.54, 1.807) is 6.20 Å². The molecule has 2 aromatic heterocycles. The Labute approximate surface area is 162 Å². The summed E-state index contributed by atoms with van der Waals surface area (Å²) >= 11 is 0. The van der Waals surface area contributed by atoms with E-state index in [4.69, 9.17) is 9.47 Å². The molecule has 138 valence electrons. The first-order valence-corrected chi connectivity index (χ1v) is 9.17. The van der Waals surface area contributed by atoms with Crippen LogP contribution in [-0.4, -0.2) is 28.4 Å². The number of aromatic nitrogens is 3. The van der Waals surface area contributed by atoms with Gasteiger partial charge in [0.1, 0.15) is 13.2 Å². The lowest BCUT2D eigenvalue weighted by Crippen LogP contribution is -2.15. The third kappa shape index (κ3) is 3.20. The van der Waals surface area contributed by atoms with E-state index in [0.717, 1.165) is 39.2 Å². The van der Waals surface area contributed by atoms with Crippen LogP contribution in [0, 0.1) is 0 Å². The molecule has 2 aromatic carbocycles. The Balaban J connectivity index is 1.50. The number of hydrogen-bond acceptors (Lipinski definition) is 6. The summed E-state index contributed by atoms with van der Waals surface area (Å²) in [5.41, 5.74) is 2.91. The highest BCUT2D eigenvalue weighted by Gasteiger charge is 2.14. The van der Waals surface area contributed by atoms with Gasteiger partial charge in [0, 0.05) is 41.3 Å². The molecule has 0 aliphatic carbocycles. The molecule has 0 saturated heterocycles. The highest BCUT2D eigenvalue weighted by Crippen LogP contribution is 2.34. The van der Waals surface area contributed by atoms with Crippen molar-refractivity contribution < 1.29 is 9.47 Å². The van der Waals surface area contributed by atoms with Crippen molar-refractivity contribution in [2.75, 3.05) is 18.5 Å². The molecular weight excluding hydrogens is 352 g/mol. The number of anilines is 2. The molecule has 1 aliphatic rings. The molecule has 0 bridgehead atoms. The Bertz CT molecular complexity index is 1130. The molecule has 1 N–H and O–H groups in total. The summed E-state index contributed by atoms with van der Waals surface area (Å²) in [6.45, 7) is 1.14. The molecular formula is C22H18N4O2. The van der Waals surface area contributed by atoms with E-state index in [1.165, 1.54) is 0 Å². The van der Waals surface area contributed by atoms with Crippen molar-refractivity contribution >= 4 is 22.3 Å². The second-order valence-electron chi connectivity index (χ2n) is 6.56. The normalized spacial score (nSPS) is 12.7. The predicted octanol–water partition coefficient (Wildman–Crippen LogP) is 4.13. The van der Waals surface area contributed by atoms with E-state index in [-0.39, 0.29) is 0 Å². The standard InChI is InChI=1S/C22H18N4O2/c1-2-6-18-17(5-1)19(12-15-4-3-9-23-14-15)25-26-22(18)24-16-7-8-20-21(13-16)28-11-10-27-20/h1-9,13-14H,10-12H2,(H,24,26). The summed E-state index contributed by atoms with van der Waals surface area (Å²) in [6, 6.07) is 17.9. The van der Waals surface area contributed by atoms with E-state index in [1.807, 2.05) is 48.7 Å². The smallest absolute Gasteiger partial charge is 0.163 e. The lowest BCUT2D eigenvalue weighted by Gasteiger charge is -2.19. The fourth-order valence-electron chi connectivity index (χ4n) is 3.34. The molecule has 0 saturated carbocycles. The molecule has 0 unspecified atom stereocenters. The Morgan fingerprint density at radius 1 is 0.857 bits per heavy atom. The van der Waals surface area contributed by atoms with Gasteiger partial charge in [-0.1, -0.05) is 30.3 Å². The summed E-state index contributed by atoms with van der Waals surface area (Å²) in [7, 11) is 0. The summed E-state index contributed by atoms with van der Waals surface area (Å²) in [5, 5.41) is 14.4. The minimum atomic E-state index is 0.558. The van der Waals surface area contributed by atoms with Crippen molar-refractivity contribution in [3.63, 3.8) is 0 Å². The number of fused-ring (bicyclic) bond motifs is 2. The monoisotopic (exact) mass is 370 g/mol. The average molecular weight is 370 g/mol. The fourth-order valence-corrected chi connectivity index (χ4v) is 3.34. The lowest BCUT2D eigenvalue weighted by molar-refractivity contribution is 0.171. The maximum absolute atomic E-state index is 5.67. The molecule has 0 radical (unpaired) electrons. The minimum Gasteiger partial charge on any atom is -0.486 e. The maximum atomic E-state index is 5.67. The van der Waals surface area contributed by atoms with Crippen LogP contribution in [0.4, 0.5) is 11.5 Å². The van der Waals surface area contributed by atoms with Crippen LogP contribution >= 0.6 is 0 Å². The Hall–Kier alpha value is -3.67. The van der Waals surface area contributed by atoms with Crippen LogP contribution in [0.2, 0.25) is 0 Å². The predicted molar refractivity (Wildman–Crippen MR) is 107 cm³/mol. The Morgan fingerprint density at radius 2 is 1.71 bits per heavy atom. The third-order valence-corrected chi connectivity index (χ3v) is 4.66. The zero-order valence-electron chi connectivity index (χ0n) is 15.1. The Morgan fingerprint density at radius 3 is 2.57 bits per heavy atom. The number of pyridine rings is 1. The van der Waals surface area contributed by atoms with Gasteiger partial charge in [-0.25, -0.2) is 0 Å². The quantitative estimate of drug-likeness (QED) is 0.582. The third-order valence-electron chi connectivity index (χ3n) is 4.66. The van der Waals surface area contributed by atoms with E-state index < -0.39 is 0 Å². The van der Waals surface area contributed by atoms with Crippen molar-refractivity contribution in [2.24, 2.45) is 0 Å². The zero-order valence-corrected chi connectivity index (χ0v) is 15.1. The van der Waals surface area contributed by atoms with Crippen LogP contribution in [-0.2, 0) is 6.42 Å². The lowest BCUT2D eigenvalue weighted by atomic mass is 10.1.